The van der Waals surface area contributed by atoms with E-state index in [0.29, 0.717) is 18.6 Å². The predicted molar refractivity (Wildman–Crippen MR) is 121 cm³/mol. The number of aryl methyl sites for hydroxylation is 1. The minimum Gasteiger partial charge on any atom is -0.504 e. The number of aromatic hydroxyl groups is 1. The van der Waals surface area contributed by atoms with Gasteiger partial charge in [0.05, 0.1) is 38.0 Å². The number of rotatable bonds is 12. The fourth-order valence-corrected chi connectivity index (χ4v) is 3.85. The van der Waals surface area contributed by atoms with E-state index >= 15 is 0 Å². The van der Waals surface area contributed by atoms with Gasteiger partial charge in [0.15, 0.2) is 23.0 Å². The van der Waals surface area contributed by atoms with Gasteiger partial charge in [-0.1, -0.05) is 36.4 Å². The van der Waals surface area contributed by atoms with Crippen LogP contribution in [-0.2, 0) is 20.7 Å². The van der Waals surface area contributed by atoms with Gasteiger partial charge in [-0.2, -0.15) is 0 Å². The molecule has 1 heterocycles. The quantitative estimate of drug-likeness (QED) is 0.421. The number of carbonyl (C=O) groups is 2. The number of hydrogen-bond donors (Lipinski definition) is 3. The third-order valence-electron chi connectivity index (χ3n) is 5.40. The molecule has 0 saturated carbocycles. The van der Waals surface area contributed by atoms with Crippen LogP contribution in [0.25, 0.3) is 0 Å². The zero-order valence-corrected chi connectivity index (χ0v) is 18.6. The van der Waals surface area contributed by atoms with E-state index in [2.05, 4.69) is 0 Å². The fourth-order valence-electron chi connectivity index (χ4n) is 3.85. The summed E-state index contributed by atoms with van der Waals surface area (Å²) in [5.41, 5.74) is 1.52. The average Bonchev–Trinajstić information content (AvgIpc) is 3.07. The van der Waals surface area contributed by atoms with Crippen LogP contribution in [0.15, 0.2) is 59.9 Å². The Bertz CT molecular complexity index is 1000. The molecule has 0 fully saturated rings. The number of carbonyl (C=O) groups excluding carboxylic acids is 2. The van der Waals surface area contributed by atoms with Gasteiger partial charge in [0.1, 0.15) is 0 Å². The zero-order chi connectivity index (χ0) is 23.8. The smallest absolute Gasteiger partial charge is 0.290 e. The summed E-state index contributed by atoms with van der Waals surface area (Å²) in [6.07, 6.45) is 0.592. The molecule has 0 spiro atoms. The number of aliphatic hydroxyl groups excluding tert-OH is 2. The van der Waals surface area contributed by atoms with Crippen molar-refractivity contribution in [2.75, 3.05) is 33.0 Å². The van der Waals surface area contributed by atoms with E-state index in [9.17, 15) is 19.8 Å². The van der Waals surface area contributed by atoms with Gasteiger partial charge in [-0.3, -0.25) is 9.59 Å². The van der Waals surface area contributed by atoms with Gasteiger partial charge in [0, 0.05) is 13.0 Å². The normalized spacial score (nSPS) is 15.9. The van der Waals surface area contributed by atoms with E-state index in [-0.39, 0.29) is 55.6 Å². The van der Waals surface area contributed by atoms with Crippen LogP contribution in [0.1, 0.15) is 30.5 Å². The van der Waals surface area contributed by atoms with Crippen molar-refractivity contribution in [3.05, 3.63) is 71.0 Å². The zero-order valence-electron chi connectivity index (χ0n) is 18.6. The molecule has 1 atom stereocenters. The number of Topliss-reactive ketones (excluding diaryl/α,β-unsaturated/α-hetero) is 1. The van der Waals surface area contributed by atoms with Crippen LogP contribution < -0.4 is 4.74 Å². The number of benzene rings is 2. The van der Waals surface area contributed by atoms with Crippen LogP contribution in [-0.4, -0.2) is 64.9 Å². The van der Waals surface area contributed by atoms with Crippen molar-refractivity contribution >= 4 is 11.7 Å². The standard InChI is InChI=1S/C25H29NO7/c1-2-33-21-16-18(9-11-19(21)28)23-22(20(29)10-8-17-6-4-3-5-7-17)24(30)25(31)26(23)12-14-32-15-13-27/h3-7,9,11,16,23,27-28,30H,2,8,10,12-15H2,1H3. The first-order valence-electron chi connectivity index (χ1n) is 10.9. The third-order valence-corrected chi connectivity index (χ3v) is 5.40. The van der Waals surface area contributed by atoms with Crippen molar-refractivity contribution in [1.29, 1.82) is 0 Å². The van der Waals surface area contributed by atoms with Gasteiger partial charge in [0.2, 0.25) is 0 Å². The highest BCUT2D eigenvalue weighted by Crippen LogP contribution is 2.41. The van der Waals surface area contributed by atoms with Crippen LogP contribution in [0, 0.1) is 0 Å². The summed E-state index contributed by atoms with van der Waals surface area (Å²) in [7, 11) is 0. The molecule has 2 aromatic rings. The molecular weight excluding hydrogens is 426 g/mol. The lowest BCUT2D eigenvalue weighted by molar-refractivity contribution is -0.130. The van der Waals surface area contributed by atoms with Crippen LogP contribution in [0.5, 0.6) is 11.5 Å². The van der Waals surface area contributed by atoms with Gasteiger partial charge < -0.3 is 29.7 Å². The monoisotopic (exact) mass is 455 g/mol. The number of ether oxygens (including phenoxy) is 2. The Morgan fingerprint density at radius 3 is 2.55 bits per heavy atom. The minimum atomic E-state index is -0.849. The van der Waals surface area contributed by atoms with E-state index in [4.69, 9.17) is 14.6 Å². The summed E-state index contributed by atoms with van der Waals surface area (Å²) < 4.78 is 10.8. The molecule has 0 saturated heterocycles. The number of ketones is 1. The second-order valence-corrected chi connectivity index (χ2v) is 7.57. The maximum atomic E-state index is 13.2. The molecule has 0 aromatic heterocycles. The lowest BCUT2D eigenvalue weighted by Crippen LogP contribution is -2.34. The largest absolute Gasteiger partial charge is 0.504 e. The number of aliphatic hydroxyl groups is 2. The molecule has 8 heteroatoms. The molecular formula is C25H29NO7. The van der Waals surface area contributed by atoms with E-state index in [1.807, 2.05) is 30.3 Å². The Labute approximate surface area is 192 Å². The highest BCUT2D eigenvalue weighted by atomic mass is 16.5. The molecule has 1 amide bonds. The summed E-state index contributed by atoms with van der Waals surface area (Å²) in [6, 6.07) is 13.3. The SMILES string of the molecule is CCOc1cc(C2C(C(=O)CCc3ccccc3)=C(O)C(=O)N2CCOCCO)ccc1O. The summed E-state index contributed by atoms with van der Waals surface area (Å²) in [6.45, 7) is 2.29. The first kappa shape index (κ1) is 24.3. The topological polar surface area (TPSA) is 117 Å². The van der Waals surface area contributed by atoms with Gasteiger partial charge in [-0.25, -0.2) is 0 Å². The maximum absolute atomic E-state index is 13.2. The van der Waals surface area contributed by atoms with Crippen LogP contribution in [0.3, 0.4) is 0 Å². The Balaban J connectivity index is 1.91. The molecule has 2 aromatic carbocycles. The van der Waals surface area contributed by atoms with Crippen molar-refractivity contribution in [2.24, 2.45) is 0 Å². The van der Waals surface area contributed by atoms with Crippen LogP contribution in [0.4, 0.5) is 0 Å². The summed E-state index contributed by atoms with van der Waals surface area (Å²) in [5, 5.41) is 29.7. The molecule has 176 valence electrons. The lowest BCUT2D eigenvalue weighted by Gasteiger charge is -2.27. The van der Waals surface area contributed by atoms with Crippen LogP contribution in [0.2, 0.25) is 0 Å². The Morgan fingerprint density at radius 2 is 1.85 bits per heavy atom. The molecule has 1 aliphatic rings. The van der Waals surface area contributed by atoms with Crippen molar-refractivity contribution < 1.29 is 34.4 Å². The van der Waals surface area contributed by atoms with Gasteiger partial charge in [-0.05, 0) is 36.6 Å². The van der Waals surface area contributed by atoms with Crippen molar-refractivity contribution in [1.82, 2.24) is 4.90 Å². The number of amides is 1. The predicted octanol–water partition coefficient (Wildman–Crippen LogP) is 2.70. The molecule has 0 aliphatic carbocycles. The lowest BCUT2D eigenvalue weighted by atomic mass is 9.93. The van der Waals surface area contributed by atoms with Crippen molar-refractivity contribution in [3.63, 3.8) is 0 Å². The highest BCUT2D eigenvalue weighted by Gasteiger charge is 2.43. The van der Waals surface area contributed by atoms with E-state index in [1.165, 1.54) is 11.0 Å². The van der Waals surface area contributed by atoms with Gasteiger partial charge in [-0.15, -0.1) is 0 Å². The van der Waals surface area contributed by atoms with Gasteiger partial charge in [0.25, 0.3) is 5.91 Å². The average molecular weight is 456 g/mol. The summed E-state index contributed by atoms with van der Waals surface area (Å²) in [5.74, 6) is -1.42. The fraction of sp³-hybridized carbons (Fsp3) is 0.360. The molecule has 1 unspecified atom stereocenters. The Hall–Kier alpha value is -3.36. The minimum absolute atomic E-state index is 0.0197. The van der Waals surface area contributed by atoms with E-state index in [1.54, 1.807) is 19.1 Å². The maximum Gasteiger partial charge on any atom is 0.290 e. The summed E-state index contributed by atoms with van der Waals surface area (Å²) in [4.78, 5) is 27.5. The molecule has 0 radical (unpaired) electrons. The first-order valence-corrected chi connectivity index (χ1v) is 10.9. The second-order valence-electron chi connectivity index (χ2n) is 7.57. The van der Waals surface area contributed by atoms with Crippen molar-refractivity contribution in [2.45, 2.75) is 25.8 Å². The van der Waals surface area contributed by atoms with E-state index < -0.39 is 17.7 Å². The highest BCUT2D eigenvalue weighted by molar-refractivity contribution is 6.09. The van der Waals surface area contributed by atoms with Crippen LogP contribution >= 0.6 is 0 Å². The Morgan fingerprint density at radius 1 is 1.09 bits per heavy atom. The first-order chi connectivity index (χ1) is 16.0. The number of nitrogens with zero attached hydrogens (tertiary/aromatic N) is 1. The number of hydrogen-bond acceptors (Lipinski definition) is 7. The third kappa shape index (κ3) is 5.71. The number of phenols is 1. The Kier molecular flexibility index (Phi) is 8.46. The molecule has 1 aliphatic heterocycles. The molecule has 33 heavy (non-hydrogen) atoms. The van der Waals surface area contributed by atoms with Gasteiger partial charge >= 0.3 is 0 Å². The van der Waals surface area contributed by atoms with E-state index in [0.717, 1.165) is 5.56 Å². The summed E-state index contributed by atoms with van der Waals surface area (Å²) >= 11 is 0. The number of phenolic OH excluding ortho intramolecular Hbond substituents is 1. The second kappa shape index (κ2) is 11.5. The molecule has 0 bridgehead atoms. The molecule has 3 rings (SSSR count). The molecule has 8 nitrogen and oxygen atoms in total. The molecule has 3 N–H and O–H groups in total. The van der Waals surface area contributed by atoms with Crippen molar-refractivity contribution in [3.8, 4) is 11.5 Å².